The lowest BCUT2D eigenvalue weighted by molar-refractivity contribution is -0.117. The number of hydrogen-bond donors (Lipinski definition) is 2. The molecule has 0 atom stereocenters. The highest BCUT2D eigenvalue weighted by Crippen LogP contribution is 2.28. The zero-order valence-corrected chi connectivity index (χ0v) is 24.8. The molecule has 0 aliphatic carbocycles. The number of amides is 2. The Bertz CT molecular complexity index is 1320. The number of halogens is 2. The van der Waals surface area contributed by atoms with Crippen LogP contribution >= 0.6 is 23.2 Å². The number of methoxy groups -OCH3 is 3. The van der Waals surface area contributed by atoms with Gasteiger partial charge in [0.15, 0.2) is 0 Å². The zero-order chi connectivity index (χ0) is 29.7. The van der Waals surface area contributed by atoms with Crippen molar-refractivity contribution >= 4 is 35.0 Å². The fraction of sp³-hybridized carbons (Fsp3) is 0.226. The molecule has 0 aliphatic rings. The molecule has 2 amide bonds. The van der Waals surface area contributed by atoms with Gasteiger partial charge in [-0.2, -0.15) is 0 Å². The largest absolute Gasteiger partial charge is 0.497 e. The van der Waals surface area contributed by atoms with Crippen molar-refractivity contribution in [2.75, 3.05) is 21.3 Å². The molecule has 9 heteroatoms. The molecule has 0 unspecified atom stereocenters. The molecule has 0 spiro atoms. The van der Waals surface area contributed by atoms with E-state index in [0.717, 1.165) is 22.6 Å². The minimum Gasteiger partial charge on any atom is -0.497 e. The maximum atomic E-state index is 12.6. The highest BCUT2D eigenvalue weighted by atomic mass is 35.5. The molecule has 2 N–H and O–H groups in total. The Labute approximate surface area is 245 Å². The van der Waals surface area contributed by atoms with E-state index in [1.54, 1.807) is 34.1 Å². The van der Waals surface area contributed by atoms with Crippen LogP contribution in [0.2, 0.25) is 0 Å². The molecule has 0 saturated carbocycles. The van der Waals surface area contributed by atoms with Crippen molar-refractivity contribution in [2.24, 2.45) is 0 Å². The SMILES string of the molecule is C=C(OC)/C(Cl)=C(\C=C(Cl)\C(C)=C/C(=O)NCc1ccc(OC)cc1)C(/C)=C\C(=O)NCc1ccc(OC)cc1. The normalized spacial score (nSPS) is 12.7. The van der Waals surface area contributed by atoms with Crippen molar-refractivity contribution in [3.05, 3.63) is 117 Å². The molecule has 0 aromatic heterocycles. The van der Waals surface area contributed by atoms with Crippen LogP contribution in [0, 0.1) is 0 Å². The topological polar surface area (TPSA) is 85.9 Å². The number of allylic oxidation sites excluding steroid dienone is 6. The van der Waals surface area contributed by atoms with E-state index in [0.29, 0.717) is 29.8 Å². The molecule has 0 fully saturated rings. The van der Waals surface area contributed by atoms with Gasteiger partial charge in [-0.3, -0.25) is 9.59 Å². The lowest BCUT2D eigenvalue weighted by Gasteiger charge is -2.11. The van der Waals surface area contributed by atoms with E-state index in [9.17, 15) is 9.59 Å². The van der Waals surface area contributed by atoms with Crippen molar-refractivity contribution < 1.29 is 23.8 Å². The van der Waals surface area contributed by atoms with E-state index in [2.05, 4.69) is 17.2 Å². The summed E-state index contributed by atoms with van der Waals surface area (Å²) in [5, 5.41) is 6.09. The maximum Gasteiger partial charge on any atom is 0.244 e. The third kappa shape index (κ3) is 10.3. The molecule has 7 nitrogen and oxygen atoms in total. The van der Waals surface area contributed by atoms with E-state index in [-0.39, 0.29) is 27.6 Å². The van der Waals surface area contributed by atoms with Gasteiger partial charge in [0.1, 0.15) is 17.3 Å². The van der Waals surface area contributed by atoms with Gasteiger partial charge in [-0.25, -0.2) is 0 Å². The summed E-state index contributed by atoms with van der Waals surface area (Å²) in [7, 11) is 4.62. The second kappa shape index (κ2) is 16.2. The predicted molar refractivity (Wildman–Crippen MR) is 160 cm³/mol. The van der Waals surface area contributed by atoms with Gasteiger partial charge in [0, 0.05) is 35.8 Å². The molecule has 0 radical (unpaired) electrons. The third-order valence-electron chi connectivity index (χ3n) is 5.75. The minimum atomic E-state index is -0.326. The van der Waals surface area contributed by atoms with Gasteiger partial charge in [-0.1, -0.05) is 54.0 Å². The summed E-state index contributed by atoms with van der Waals surface area (Å²) in [6.07, 6.45) is 4.37. The first-order valence-corrected chi connectivity index (χ1v) is 13.0. The molecule has 0 aliphatic heterocycles. The number of hydrogen-bond acceptors (Lipinski definition) is 5. The highest BCUT2D eigenvalue weighted by molar-refractivity contribution is 6.34. The van der Waals surface area contributed by atoms with Gasteiger partial charge in [-0.15, -0.1) is 0 Å². The first kappa shape index (κ1) is 32.3. The average molecular weight is 586 g/mol. The maximum absolute atomic E-state index is 12.6. The number of carbonyl (C=O) groups excluding carboxylic acids is 2. The van der Waals surface area contributed by atoms with Gasteiger partial charge in [-0.05, 0) is 66.5 Å². The van der Waals surface area contributed by atoms with E-state index in [4.69, 9.17) is 37.4 Å². The van der Waals surface area contributed by atoms with Crippen molar-refractivity contribution in [2.45, 2.75) is 26.9 Å². The fourth-order valence-electron chi connectivity index (χ4n) is 3.34. The van der Waals surface area contributed by atoms with Crippen molar-refractivity contribution in [3.8, 4) is 11.5 Å². The lowest BCUT2D eigenvalue weighted by Crippen LogP contribution is -2.21. The number of nitrogens with one attached hydrogen (secondary N) is 2. The van der Waals surface area contributed by atoms with E-state index in [1.165, 1.54) is 19.3 Å². The van der Waals surface area contributed by atoms with E-state index >= 15 is 0 Å². The molecule has 40 heavy (non-hydrogen) atoms. The number of benzene rings is 2. The van der Waals surface area contributed by atoms with E-state index in [1.807, 2.05) is 48.5 Å². The number of carbonyl (C=O) groups is 2. The van der Waals surface area contributed by atoms with Crippen LogP contribution in [-0.2, 0) is 27.4 Å². The number of ether oxygens (including phenoxy) is 3. The first-order chi connectivity index (χ1) is 19.1. The van der Waals surface area contributed by atoms with Crippen LogP contribution in [0.4, 0.5) is 0 Å². The lowest BCUT2D eigenvalue weighted by atomic mass is 10.0. The van der Waals surface area contributed by atoms with Crippen molar-refractivity contribution in [1.82, 2.24) is 10.6 Å². The summed E-state index contributed by atoms with van der Waals surface area (Å²) >= 11 is 13.1. The van der Waals surface area contributed by atoms with Gasteiger partial charge in [0.25, 0.3) is 0 Å². The summed E-state index contributed by atoms with van der Waals surface area (Å²) in [6.45, 7) is 7.88. The Morgan fingerprint density at radius 3 is 1.57 bits per heavy atom. The van der Waals surface area contributed by atoms with Gasteiger partial charge in [0.2, 0.25) is 11.8 Å². The van der Waals surface area contributed by atoms with Crippen molar-refractivity contribution in [1.29, 1.82) is 0 Å². The van der Waals surface area contributed by atoms with Crippen LogP contribution in [0.3, 0.4) is 0 Å². The smallest absolute Gasteiger partial charge is 0.244 e. The Morgan fingerprint density at radius 2 is 1.18 bits per heavy atom. The quantitative estimate of drug-likeness (QED) is 0.164. The summed E-state index contributed by atoms with van der Waals surface area (Å²) in [5.74, 6) is 1.02. The van der Waals surface area contributed by atoms with E-state index < -0.39 is 0 Å². The summed E-state index contributed by atoms with van der Waals surface area (Å²) in [4.78, 5) is 25.1. The highest BCUT2D eigenvalue weighted by Gasteiger charge is 2.13. The number of rotatable bonds is 13. The minimum absolute atomic E-state index is 0.175. The Hall–Kier alpha value is -3.94. The molecule has 0 saturated heterocycles. The van der Waals surface area contributed by atoms with Crippen LogP contribution in [-0.4, -0.2) is 33.1 Å². The van der Waals surface area contributed by atoms with Gasteiger partial charge in [0.05, 0.1) is 26.4 Å². The molecule has 2 aromatic carbocycles. The molecular weight excluding hydrogens is 551 g/mol. The summed E-state index contributed by atoms with van der Waals surface area (Å²) in [5.41, 5.74) is 3.27. The van der Waals surface area contributed by atoms with Gasteiger partial charge >= 0.3 is 0 Å². The van der Waals surface area contributed by atoms with Crippen LogP contribution < -0.4 is 20.1 Å². The average Bonchev–Trinajstić information content (AvgIpc) is 2.97. The van der Waals surface area contributed by atoms with Gasteiger partial charge < -0.3 is 24.8 Å². The monoisotopic (exact) mass is 584 g/mol. The summed E-state index contributed by atoms with van der Waals surface area (Å²) < 4.78 is 15.5. The molecule has 0 heterocycles. The Morgan fingerprint density at radius 1 is 0.750 bits per heavy atom. The Balaban J connectivity index is 2.17. The van der Waals surface area contributed by atoms with Crippen LogP contribution in [0.1, 0.15) is 25.0 Å². The third-order valence-corrected chi connectivity index (χ3v) is 6.57. The van der Waals surface area contributed by atoms with Crippen LogP contribution in [0.15, 0.2) is 106 Å². The van der Waals surface area contributed by atoms with Crippen LogP contribution in [0.25, 0.3) is 0 Å². The molecule has 212 valence electrons. The van der Waals surface area contributed by atoms with Crippen molar-refractivity contribution in [3.63, 3.8) is 0 Å². The predicted octanol–water partition coefficient (Wildman–Crippen LogP) is 6.30. The first-order valence-electron chi connectivity index (χ1n) is 12.3. The molecule has 2 aromatic rings. The fourth-order valence-corrected chi connectivity index (χ4v) is 3.78. The standard InChI is InChI=1S/C31H34Cl2N2O5/c1-20(15-29(36)34-18-23-7-11-25(39-5)12-8-23)27(31(33)22(3)38-4)17-28(32)21(2)16-30(37)35-19-24-9-13-26(40-6)14-10-24/h7-17H,3,18-19H2,1-2,4-6H3,(H,34,36)(H,35,37)/b20-15-,21-16-,28-17-,31-27-. The molecular formula is C31H34Cl2N2O5. The molecule has 0 bridgehead atoms. The summed E-state index contributed by atoms with van der Waals surface area (Å²) in [6, 6.07) is 14.8. The molecule has 2 rings (SSSR count). The Kier molecular flexibility index (Phi) is 13.1. The second-order valence-electron chi connectivity index (χ2n) is 8.63. The van der Waals surface area contributed by atoms with Crippen LogP contribution in [0.5, 0.6) is 11.5 Å². The zero-order valence-electron chi connectivity index (χ0n) is 23.3. The second-order valence-corrected chi connectivity index (χ2v) is 9.42.